The van der Waals surface area contributed by atoms with Gasteiger partial charge in [-0.05, 0) is 55.2 Å². The Hall–Kier alpha value is -2.53. The number of halogens is 1. The molecule has 0 aliphatic carbocycles. The van der Waals surface area contributed by atoms with Crippen LogP contribution in [0, 0.1) is 12.8 Å². The summed E-state index contributed by atoms with van der Waals surface area (Å²) in [4.78, 5) is 27.1. The predicted octanol–water partition coefficient (Wildman–Crippen LogP) is 4.22. The molecule has 0 radical (unpaired) electrons. The maximum Gasteiger partial charge on any atom is 0.261 e. The first-order chi connectivity index (χ1) is 13.8. The Morgan fingerprint density at radius 3 is 2.48 bits per heavy atom. The Labute approximate surface area is 178 Å². The van der Waals surface area contributed by atoms with Crippen molar-refractivity contribution in [3.05, 3.63) is 64.7 Å². The zero-order valence-electron chi connectivity index (χ0n) is 17.4. The number of nitrogens with one attached hydrogen (secondary N) is 1. The van der Waals surface area contributed by atoms with Gasteiger partial charge < -0.3 is 15.0 Å². The monoisotopic (exact) mass is 416 g/mol. The highest BCUT2D eigenvalue weighted by Crippen LogP contribution is 2.16. The smallest absolute Gasteiger partial charge is 0.261 e. The molecule has 1 N–H and O–H groups in total. The Morgan fingerprint density at radius 2 is 1.83 bits per heavy atom. The van der Waals surface area contributed by atoms with Crippen molar-refractivity contribution in [1.29, 1.82) is 0 Å². The van der Waals surface area contributed by atoms with Crippen molar-refractivity contribution in [2.75, 3.05) is 13.2 Å². The van der Waals surface area contributed by atoms with Gasteiger partial charge in [0.25, 0.3) is 5.91 Å². The fraction of sp³-hybridized carbons (Fsp3) is 0.391. The van der Waals surface area contributed by atoms with E-state index in [0.29, 0.717) is 23.2 Å². The first-order valence-corrected chi connectivity index (χ1v) is 10.1. The molecule has 2 aromatic carbocycles. The summed E-state index contributed by atoms with van der Waals surface area (Å²) in [5.74, 6) is 0.495. The lowest BCUT2D eigenvalue weighted by Gasteiger charge is -2.29. The number of amides is 2. The lowest BCUT2D eigenvalue weighted by molar-refractivity contribution is -0.142. The van der Waals surface area contributed by atoms with E-state index in [0.717, 1.165) is 11.1 Å². The molecule has 5 nitrogen and oxygen atoms in total. The third-order valence-corrected chi connectivity index (χ3v) is 4.68. The van der Waals surface area contributed by atoms with Crippen LogP contribution in [-0.2, 0) is 16.1 Å². The van der Waals surface area contributed by atoms with Crippen molar-refractivity contribution in [1.82, 2.24) is 10.2 Å². The second kappa shape index (κ2) is 10.9. The summed E-state index contributed by atoms with van der Waals surface area (Å²) >= 11 is 6.08. The first-order valence-electron chi connectivity index (χ1n) is 9.77. The number of hydrogen-bond acceptors (Lipinski definition) is 3. The molecule has 1 unspecified atom stereocenters. The van der Waals surface area contributed by atoms with Crippen molar-refractivity contribution < 1.29 is 14.3 Å². The number of nitrogens with zero attached hydrogens (tertiary/aromatic N) is 1. The summed E-state index contributed by atoms with van der Waals surface area (Å²) in [5, 5.41) is 3.48. The number of benzene rings is 2. The SMILES string of the molecule is Cc1cccc(OCC(=O)N(Cc2cccc(Cl)c2)C(C)C(=O)NCC(C)C)c1. The largest absolute Gasteiger partial charge is 0.484 e. The van der Waals surface area contributed by atoms with Gasteiger partial charge in [-0.15, -0.1) is 0 Å². The minimum Gasteiger partial charge on any atom is -0.484 e. The van der Waals surface area contributed by atoms with Crippen molar-refractivity contribution >= 4 is 23.4 Å². The topological polar surface area (TPSA) is 58.6 Å². The second-order valence-electron chi connectivity index (χ2n) is 7.57. The van der Waals surface area contributed by atoms with Crippen LogP contribution in [0.4, 0.5) is 0 Å². The summed E-state index contributed by atoms with van der Waals surface area (Å²) < 4.78 is 5.67. The highest BCUT2D eigenvalue weighted by atomic mass is 35.5. The van der Waals surface area contributed by atoms with Crippen LogP contribution < -0.4 is 10.1 Å². The summed E-state index contributed by atoms with van der Waals surface area (Å²) in [5.41, 5.74) is 1.90. The first kappa shape index (κ1) is 22.8. The third-order valence-electron chi connectivity index (χ3n) is 4.45. The Balaban J connectivity index is 2.13. The molecule has 0 saturated heterocycles. The van der Waals surface area contributed by atoms with Crippen LogP contribution in [0.1, 0.15) is 31.9 Å². The van der Waals surface area contributed by atoms with E-state index in [1.54, 1.807) is 25.1 Å². The van der Waals surface area contributed by atoms with E-state index in [1.165, 1.54) is 4.90 Å². The zero-order valence-corrected chi connectivity index (χ0v) is 18.2. The van der Waals surface area contributed by atoms with Crippen LogP contribution in [0.25, 0.3) is 0 Å². The van der Waals surface area contributed by atoms with Crippen LogP contribution in [0.3, 0.4) is 0 Å². The maximum absolute atomic E-state index is 13.0. The average molecular weight is 417 g/mol. The van der Waals surface area contributed by atoms with Crippen LogP contribution in [0.5, 0.6) is 5.75 Å². The molecule has 0 fully saturated rings. The molecule has 6 heteroatoms. The molecule has 0 heterocycles. The van der Waals surface area contributed by atoms with E-state index in [4.69, 9.17) is 16.3 Å². The van der Waals surface area contributed by atoms with Crippen LogP contribution in [0.2, 0.25) is 5.02 Å². The molecule has 1 atom stereocenters. The summed E-state index contributed by atoms with van der Waals surface area (Å²) in [6.07, 6.45) is 0. The quantitative estimate of drug-likeness (QED) is 0.665. The summed E-state index contributed by atoms with van der Waals surface area (Å²) in [6.45, 7) is 8.41. The van der Waals surface area contributed by atoms with Gasteiger partial charge in [0.2, 0.25) is 5.91 Å². The molecular formula is C23H29ClN2O3. The highest BCUT2D eigenvalue weighted by Gasteiger charge is 2.26. The molecule has 0 aromatic heterocycles. The van der Waals surface area contributed by atoms with E-state index in [-0.39, 0.29) is 25.0 Å². The minimum absolute atomic E-state index is 0.147. The van der Waals surface area contributed by atoms with Gasteiger partial charge in [-0.1, -0.05) is 49.7 Å². The van der Waals surface area contributed by atoms with Gasteiger partial charge in [0.05, 0.1) is 0 Å². The molecule has 0 saturated carbocycles. The number of ether oxygens (including phenoxy) is 1. The lowest BCUT2D eigenvalue weighted by Crippen LogP contribution is -2.49. The van der Waals surface area contributed by atoms with Crippen molar-refractivity contribution in [2.45, 2.75) is 40.3 Å². The molecule has 29 heavy (non-hydrogen) atoms. The van der Waals surface area contributed by atoms with Crippen LogP contribution in [-0.4, -0.2) is 35.9 Å². The standard InChI is InChI=1S/C23H29ClN2O3/c1-16(2)13-25-23(28)18(4)26(14-19-8-6-9-20(24)12-19)22(27)15-29-21-10-5-7-17(3)11-21/h5-12,16,18H,13-15H2,1-4H3,(H,25,28). The van der Waals surface area contributed by atoms with Crippen molar-refractivity contribution in [3.8, 4) is 5.75 Å². The summed E-state index contributed by atoms with van der Waals surface area (Å²) in [7, 11) is 0. The molecule has 0 spiro atoms. The Morgan fingerprint density at radius 1 is 1.10 bits per heavy atom. The fourth-order valence-electron chi connectivity index (χ4n) is 2.80. The van der Waals surface area contributed by atoms with Gasteiger partial charge >= 0.3 is 0 Å². The maximum atomic E-state index is 13.0. The van der Waals surface area contributed by atoms with Crippen molar-refractivity contribution in [2.24, 2.45) is 5.92 Å². The van der Waals surface area contributed by atoms with Gasteiger partial charge in [0.15, 0.2) is 6.61 Å². The van der Waals surface area contributed by atoms with E-state index in [9.17, 15) is 9.59 Å². The Bertz CT molecular complexity index is 838. The molecule has 156 valence electrons. The highest BCUT2D eigenvalue weighted by molar-refractivity contribution is 6.30. The second-order valence-corrected chi connectivity index (χ2v) is 8.01. The molecule has 2 amide bonds. The van der Waals surface area contributed by atoms with Gasteiger partial charge in [-0.2, -0.15) is 0 Å². The molecule has 0 aliphatic heterocycles. The van der Waals surface area contributed by atoms with Gasteiger partial charge in [0, 0.05) is 18.1 Å². The zero-order chi connectivity index (χ0) is 21.4. The minimum atomic E-state index is -0.638. The summed E-state index contributed by atoms with van der Waals surface area (Å²) in [6, 6.07) is 14.1. The number of hydrogen-bond donors (Lipinski definition) is 1. The molecular weight excluding hydrogens is 388 g/mol. The predicted molar refractivity (Wildman–Crippen MR) is 116 cm³/mol. The number of aryl methyl sites for hydroxylation is 1. The molecule has 0 aliphatic rings. The average Bonchev–Trinajstić information content (AvgIpc) is 2.68. The number of carbonyl (C=O) groups excluding carboxylic acids is 2. The number of rotatable bonds is 9. The van der Waals surface area contributed by atoms with Crippen LogP contribution >= 0.6 is 11.6 Å². The van der Waals surface area contributed by atoms with Gasteiger partial charge in [-0.25, -0.2) is 0 Å². The lowest BCUT2D eigenvalue weighted by atomic mass is 10.1. The molecule has 0 bridgehead atoms. The van der Waals surface area contributed by atoms with Gasteiger partial charge in [0.1, 0.15) is 11.8 Å². The van der Waals surface area contributed by atoms with Crippen LogP contribution in [0.15, 0.2) is 48.5 Å². The van der Waals surface area contributed by atoms with E-state index >= 15 is 0 Å². The molecule has 2 rings (SSSR count). The fourth-order valence-corrected chi connectivity index (χ4v) is 3.01. The van der Waals surface area contributed by atoms with E-state index < -0.39 is 6.04 Å². The Kier molecular flexibility index (Phi) is 8.52. The van der Waals surface area contributed by atoms with E-state index in [2.05, 4.69) is 5.32 Å². The third kappa shape index (κ3) is 7.42. The van der Waals surface area contributed by atoms with E-state index in [1.807, 2.05) is 51.1 Å². The van der Waals surface area contributed by atoms with Crippen molar-refractivity contribution in [3.63, 3.8) is 0 Å². The molecule has 2 aromatic rings. The number of carbonyl (C=O) groups is 2. The normalized spacial score (nSPS) is 11.8. The van der Waals surface area contributed by atoms with Gasteiger partial charge in [-0.3, -0.25) is 9.59 Å².